The Bertz CT molecular complexity index is 639. The first kappa shape index (κ1) is 12.3. The van der Waals surface area contributed by atoms with Crippen LogP contribution in [0.1, 0.15) is 19.0 Å². The molecule has 0 aliphatic carbocycles. The summed E-state index contributed by atoms with van der Waals surface area (Å²) < 4.78 is 1.52. The Morgan fingerprint density at radius 3 is 3.17 bits per heavy atom. The molecule has 1 atom stereocenters. The van der Waals surface area contributed by atoms with Crippen LogP contribution in [-0.4, -0.2) is 15.4 Å². The second-order valence-corrected chi connectivity index (χ2v) is 4.20. The summed E-state index contributed by atoms with van der Waals surface area (Å²) in [7, 11) is 0. The summed E-state index contributed by atoms with van der Waals surface area (Å²) in [5.74, 6) is 2.60. The number of pyridine rings is 1. The van der Waals surface area contributed by atoms with Crippen LogP contribution in [0.3, 0.4) is 0 Å². The summed E-state index contributed by atoms with van der Waals surface area (Å²) in [4.78, 5) is 16.2. The Morgan fingerprint density at radius 1 is 1.56 bits per heavy atom. The molecule has 1 N–H and O–H groups in total. The maximum atomic E-state index is 11.8. The van der Waals surface area contributed by atoms with Gasteiger partial charge in [0, 0.05) is 31.3 Å². The van der Waals surface area contributed by atoms with Gasteiger partial charge in [0.1, 0.15) is 5.65 Å². The fourth-order valence-electron chi connectivity index (χ4n) is 1.72. The molecule has 2 heterocycles. The first-order chi connectivity index (χ1) is 8.70. The Hall–Kier alpha value is -2.12. The zero-order valence-electron chi connectivity index (χ0n) is 10.3. The molecule has 4 heteroatoms. The van der Waals surface area contributed by atoms with Crippen LogP contribution in [0.15, 0.2) is 35.3 Å². The number of rotatable bonds is 4. The van der Waals surface area contributed by atoms with Crippen molar-refractivity contribution in [1.82, 2.24) is 14.7 Å². The lowest BCUT2D eigenvalue weighted by Gasteiger charge is -2.10. The number of hydrogen-bond acceptors (Lipinski definition) is 3. The summed E-state index contributed by atoms with van der Waals surface area (Å²) in [6.07, 6.45) is 7.61. The van der Waals surface area contributed by atoms with Gasteiger partial charge in [0.25, 0.3) is 5.56 Å². The lowest BCUT2D eigenvalue weighted by atomic mass is 10.2. The topological polar surface area (TPSA) is 46.4 Å². The Morgan fingerprint density at radius 2 is 2.39 bits per heavy atom. The van der Waals surface area contributed by atoms with Crippen molar-refractivity contribution >= 4 is 5.65 Å². The molecule has 0 saturated heterocycles. The predicted molar refractivity (Wildman–Crippen MR) is 71.2 cm³/mol. The van der Waals surface area contributed by atoms with Gasteiger partial charge in [0.2, 0.25) is 0 Å². The van der Waals surface area contributed by atoms with Gasteiger partial charge in [-0.3, -0.25) is 9.20 Å². The minimum atomic E-state index is -0.0676. The molecule has 0 saturated carbocycles. The molecule has 0 spiro atoms. The standard InChI is InChI=1S/C14H15N3O/c1-3-6-11(2)15-10-12-9-14(18)17-8-5-4-7-13(17)16-12/h1,4-5,7-9,11,15H,6,10H2,2H3. The first-order valence-electron chi connectivity index (χ1n) is 5.85. The highest BCUT2D eigenvalue weighted by Crippen LogP contribution is 1.99. The average molecular weight is 241 g/mol. The highest BCUT2D eigenvalue weighted by molar-refractivity contribution is 5.37. The summed E-state index contributed by atoms with van der Waals surface area (Å²) in [5.41, 5.74) is 1.32. The smallest absolute Gasteiger partial charge is 0.258 e. The van der Waals surface area contributed by atoms with E-state index in [-0.39, 0.29) is 11.6 Å². The molecule has 92 valence electrons. The van der Waals surface area contributed by atoms with Crippen LogP contribution in [0.25, 0.3) is 5.65 Å². The van der Waals surface area contributed by atoms with Gasteiger partial charge in [-0.2, -0.15) is 0 Å². The van der Waals surface area contributed by atoms with Crippen LogP contribution in [-0.2, 0) is 6.54 Å². The van der Waals surface area contributed by atoms with Gasteiger partial charge < -0.3 is 5.32 Å². The molecular formula is C14H15N3O. The third kappa shape index (κ3) is 2.76. The van der Waals surface area contributed by atoms with E-state index in [0.29, 0.717) is 18.6 Å². The molecule has 18 heavy (non-hydrogen) atoms. The van der Waals surface area contributed by atoms with Gasteiger partial charge in [0.05, 0.1) is 5.69 Å². The lowest BCUT2D eigenvalue weighted by Crippen LogP contribution is -2.26. The molecule has 4 nitrogen and oxygen atoms in total. The molecule has 0 aliphatic heterocycles. The number of terminal acetylenes is 1. The van der Waals surface area contributed by atoms with Crippen LogP contribution in [0.2, 0.25) is 0 Å². The lowest BCUT2D eigenvalue weighted by molar-refractivity contribution is 0.553. The van der Waals surface area contributed by atoms with Crippen molar-refractivity contribution in [2.75, 3.05) is 0 Å². The van der Waals surface area contributed by atoms with Crippen molar-refractivity contribution in [2.45, 2.75) is 25.9 Å². The quantitative estimate of drug-likeness (QED) is 0.818. The van der Waals surface area contributed by atoms with Crippen LogP contribution < -0.4 is 10.9 Å². The Balaban J connectivity index is 2.20. The summed E-state index contributed by atoms with van der Waals surface area (Å²) >= 11 is 0. The van der Waals surface area contributed by atoms with E-state index in [1.165, 1.54) is 4.40 Å². The summed E-state index contributed by atoms with van der Waals surface area (Å²) in [6, 6.07) is 7.24. The highest BCUT2D eigenvalue weighted by atomic mass is 16.1. The number of nitrogens with one attached hydrogen (secondary N) is 1. The van der Waals surface area contributed by atoms with E-state index in [9.17, 15) is 4.79 Å². The van der Waals surface area contributed by atoms with E-state index < -0.39 is 0 Å². The second-order valence-electron chi connectivity index (χ2n) is 4.20. The van der Waals surface area contributed by atoms with Crippen molar-refractivity contribution in [3.8, 4) is 12.3 Å². The van der Waals surface area contributed by atoms with Crippen LogP contribution in [0.5, 0.6) is 0 Å². The van der Waals surface area contributed by atoms with Crippen molar-refractivity contribution in [3.05, 3.63) is 46.5 Å². The van der Waals surface area contributed by atoms with Gasteiger partial charge in [-0.1, -0.05) is 6.07 Å². The number of aromatic nitrogens is 2. The monoisotopic (exact) mass is 241 g/mol. The summed E-state index contributed by atoms with van der Waals surface area (Å²) in [5, 5.41) is 3.24. The molecule has 0 aliphatic rings. The van der Waals surface area contributed by atoms with Crippen LogP contribution in [0.4, 0.5) is 0 Å². The normalized spacial score (nSPS) is 12.2. The van der Waals surface area contributed by atoms with Crippen molar-refractivity contribution in [2.24, 2.45) is 0 Å². The number of hydrogen-bond donors (Lipinski definition) is 1. The van der Waals surface area contributed by atoms with E-state index in [4.69, 9.17) is 6.42 Å². The molecular weight excluding hydrogens is 226 g/mol. The third-order valence-corrected chi connectivity index (χ3v) is 2.68. The average Bonchev–Trinajstić information content (AvgIpc) is 2.37. The molecule has 2 rings (SSSR count). The fraction of sp³-hybridized carbons (Fsp3) is 0.286. The highest BCUT2D eigenvalue weighted by Gasteiger charge is 2.03. The number of nitrogens with zero attached hydrogens (tertiary/aromatic N) is 2. The molecule has 2 aromatic rings. The molecule has 0 fully saturated rings. The molecule has 2 aromatic heterocycles. The van der Waals surface area contributed by atoms with E-state index in [1.807, 2.05) is 25.1 Å². The van der Waals surface area contributed by atoms with Gasteiger partial charge >= 0.3 is 0 Å². The maximum Gasteiger partial charge on any atom is 0.258 e. The van der Waals surface area contributed by atoms with Crippen LogP contribution >= 0.6 is 0 Å². The molecule has 0 amide bonds. The first-order valence-corrected chi connectivity index (χ1v) is 5.85. The van der Waals surface area contributed by atoms with Gasteiger partial charge in [-0.15, -0.1) is 12.3 Å². The summed E-state index contributed by atoms with van der Waals surface area (Å²) in [6.45, 7) is 2.55. The third-order valence-electron chi connectivity index (χ3n) is 2.68. The second kappa shape index (κ2) is 5.48. The maximum absolute atomic E-state index is 11.8. The predicted octanol–water partition coefficient (Wildman–Crippen LogP) is 1.20. The fourth-order valence-corrected chi connectivity index (χ4v) is 1.72. The largest absolute Gasteiger partial charge is 0.308 e. The Labute approximate surface area is 106 Å². The molecule has 0 aromatic carbocycles. The van der Waals surface area contributed by atoms with Gasteiger partial charge in [0.15, 0.2) is 0 Å². The van der Waals surface area contributed by atoms with Crippen LogP contribution in [0, 0.1) is 12.3 Å². The van der Waals surface area contributed by atoms with Gasteiger partial charge in [-0.05, 0) is 19.1 Å². The Kier molecular flexibility index (Phi) is 3.75. The molecule has 0 radical (unpaired) electrons. The van der Waals surface area contributed by atoms with Gasteiger partial charge in [-0.25, -0.2) is 4.98 Å². The van der Waals surface area contributed by atoms with E-state index in [2.05, 4.69) is 16.2 Å². The van der Waals surface area contributed by atoms with E-state index >= 15 is 0 Å². The molecule has 1 unspecified atom stereocenters. The zero-order valence-corrected chi connectivity index (χ0v) is 10.3. The van der Waals surface area contributed by atoms with Crippen molar-refractivity contribution in [1.29, 1.82) is 0 Å². The zero-order chi connectivity index (χ0) is 13.0. The van der Waals surface area contributed by atoms with Crippen molar-refractivity contribution < 1.29 is 0 Å². The minimum Gasteiger partial charge on any atom is -0.308 e. The van der Waals surface area contributed by atoms with E-state index in [1.54, 1.807) is 12.3 Å². The molecule has 0 bridgehead atoms. The SMILES string of the molecule is C#CCC(C)NCc1cc(=O)n2ccccc2n1. The number of fused-ring (bicyclic) bond motifs is 1. The minimum absolute atomic E-state index is 0.0676. The van der Waals surface area contributed by atoms with E-state index in [0.717, 1.165) is 5.69 Å². The van der Waals surface area contributed by atoms with Crippen molar-refractivity contribution in [3.63, 3.8) is 0 Å².